The molecule has 8 nitrogen and oxygen atoms in total. The first-order chi connectivity index (χ1) is 10.5. The zero-order chi connectivity index (χ0) is 17.8. The smallest absolute Gasteiger partial charge is 0.402 e. The van der Waals surface area contributed by atoms with Crippen LogP contribution in [0.2, 0.25) is 0 Å². The number of benzene rings is 1. The van der Waals surface area contributed by atoms with Crippen LogP contribution >= 0.6 is 0 Å². The third kappa shape index (κ3) is 5.29. The molecule has 1 aliphatic heterocycles. The minimum absolute atomic E-state index is 0.287. The molecular formula is C14H21NO7S. The summed E-state index contributed by atoms with van der Waals surface area (Å²) in [5, 5.41) is 7.19. The van der Waals surface area contributed by atoms with E-state index in [0.717, 1.165) is 11.8 Å². The summed E-state index contributed by atoms with van der Waals surface area (Å²) in [6.45, 7) is 6.43. The van der Waals surface area contributed by atoms with Gasteiger partial charge in [0, 0.05) is 12.2 Å². The first-order valence-electron chi connectivity index (χ1n) is 6.78. The highest BCUT2D eigenvalue weighted by Gasteiger charge is 2.42. The standard InChI is InChI=1S/C13H18O5S.CH3NO2/c1-5-16-12-13(2,3)10-8-9(18-19(4,14)15)6-7-11(10)17-12;2-1(3)4/h6-8,12H,5H2,1-4H3;2H2,(H,3,4). The maximum atomic E-state index is 11.2. The van der Waals surface area contributed by atoms with Gasteiger partial charge in [-0.25, -0.2) is 4.79 Å². The topological polar surface area (TPSA) is 125 Å². The van der Waals surface area contributed by atoms with Crippen LogP contribution in [0, 0.1) is 0 Å². The molecule has 0 radical (unpaired) electrons. The lowest BCUT2D eigenvalue weighted by molar-refractivity contribution is -0.0981. The van der Waals surface area contributed by atoms with Crippen molar-refractivity contribution < 1.29 is 32.0 Å². The molecule has 130 valence electrons. The van der Waals surface area contributed by atoms with E-state index in [2.05, 4.69) is 5.73 Å². The maximum absolute atomic E-state index is 11.2. The van der Waals surface area contributed by atoms with E-state index in [4.69, 9.17) is 23.6 Å². The van der Waals surface area contributed by atoms with Crippen LogP contribution in [-0.4, -0.2) is 38.8 Å². The molecule has 1 aliphatic rings. The Balaban J connectivity index is 0.000000593. The number of ether oxygens (including phenoxy) is 2. The fourth-order valence-corrected chi connectivity index (χ4v) is 2.58. The molecule has 2 rings (SSSR count). The number of carbonyl (C=O) groups is 1. The second-order valence-electron chi connectivity index (χ2n) is 5.41. The molecule has 1 aromatic carbocycles. The highest BCUT2D eigenvalue weighted by Crippen LogP contribution is 2.44. The third-order valence-electron chi connectivity index (χ3n) is 3.03. The number of fused-ring (bicyclic) bond motifs is 1. The van der Waals surface area contributed by atoms with Gasteiger partial charge < -0.3 is 24.5 Å². The van der Waals surface area contributed by atoms with Gasteiger partial charge in [0.2, 0.25) is 6.29 Å². The normalized spacial score (nSPS) is 18.2. The van der Waals surface area contributed by atoms with E-state index in [1.165, 1.54) is 0 Å². The van der Waals surface area contributed by atoms with Crippen LogP contribution in [0.15, 0.2) is 18.2 Å². The van der Waals surface area contributed by atoms with Crippen LogP contribution in [0.25, 0.3) is 0 Å². The number of nitrogens with two attached hydrogens (primary N) is 1. The first-order valence-corrected chi connectivity index (χ1v) is 8.59. The van der Waals surface area contributed by atoms with Crippen LogP contribution in [-0.2, 0) is 20.3 Å². The van der Waals surface area contributed by atoms with Gasteiger partial charge in [-0.15, -0.1) is 0 Å². The summed E-state index contributed by atoms with van der Waals surface area (Å²) in [5.74, 6) is 0.986. The number of hydrogen-bond acceptors (Lipinski definition) is 6. The summed E-state index contributed by atoms with van der Waals surface area (Å²) in [6, 6.07) is 4.97. The summed E-state index contributed by atoms with van der Waals surface area (Å²) in [6.07, 6.45) is -0.689. The van der Waals surface area contributed by atoms with Crippen molar-refractivity contribution in [3.63, 3.8) is 0 Å². The van der Waals surface area contributed by atoms with Crippen LogP contribution in [0.1, 0.15) is 26.3 Å². The van der Waals surface area contributed by atoms with Crippen molar-refractivity contribution in [2.24, 2.45) is 5.73 Å². The molecule has 0 aliphatic carbocycles. The Morgan fingerprint density at radius 2 is 2.00 bits per heavy atom. The molecular weight excluding hydrogens is 326 g/mol. The number of rotatable bonds is 4. The Bertz CT molecular complexity index is 666. The molecule has 0 saturated carbocycles. The van der Waals surface area contributed by atoms with Gasteiger partial charge in [-0.3, -0.25) is 0 Å². The van der Waals surface area contributed by atoms with Crippen molar-refractivity contribution in [2.45, 2.75) is 32.5 Å². The van der Waals surface area contributed by atoms with E-state index in [9.17, 15) is 8.42 Å². The highest BCUT2D eigenvalue weighted by molar-refractivity contribution is 7.86. The Morgan fingerprint density at radius 3 is 2.48 bits per heavy atom. The second-order valence-corrected chi connectivity index (χ2v) is 6.99. The van der Waals surface area contributed by atoms with E-state index in [-0.39, 0.29) is 17.5 Å². The second kappa shape index (κ2) is 7.05. The monoisotopic (exact) mass is 347 g/mol. The Kier molecular flexibility index (Phi) is 5.84. The lowest BCUT2D eigenvalue weighted by Crippen LogP contribution is -2.34. The summed E-state index contributed by atoms with van der Waals surface area (Å²) >= 11 is 0. The molecule has 1 heterocycles. The number of hydrogen-bond donors (Lipinski definition) is 2. The molecule has 0 bridgehead atoms. The van der Waals surface area contributed by atoms with Gasteiger partial charge >= 0.3 is 16.2 Å². The minimum Gasteiger partial charge on any atom is -0.465 e. The molecule has 0 fully saturated rings. The van der Waals surface area contributed by atoms with E-state index < -0.39 is 16.2 Å². The number of carboxylic acid groups (broad SMARTS) is 1. The van der Waals surface area contributed by atoms with Gasteiger partial charge in [0.05, 0.1) is 11.7 Å². The predicted octanol–water partition coefficient (Wildman–Crippen LogP) is 1.68. The van der Waals surface area contributed by atoms with Crippen molar-refractivity contribution in [3.8, 4) is 11.5 Å². The average Bonchev–Trinajstić information content (AvgIpc) is 2.60. The summed E-state index contributed by atoms with van der Waals surface area (Å²) in [7, 11) is -3.53. The molecule has 9 heteroatoms. The zero-order valence-corrected chi connectivity index (χ0v) is 14.2. The molecule has 1 amide bonds. The summed E-state index contributed by atoms with van der Waals surface area (Å²) in [5.41, 5.74) is 4.55. The first kappa shape index (κ1) is 19.0. The van der Waals surface area contributed by atoms with Gasteiger partial charge in [0.25, 0.3) is 0 Å². The van der Waals surface area contributed by atoms with Crippen LogP contribution in [0.3, 0.4) is 0 Å². The molecule has 3 N–H and O–H groups in total. The highest BCUT2D eigenvalue weighted by atomic mass is 32.2. The minimum atomic E-state index is -3.53. The van der Waals surface area contributed by atoms with E-state index in [0.29, 0.717) is 12.4 Å². The largest absolute Gasteiger partial charge is 0.465 e. The van der Waals surface area contributed by atoms with Crippen LogP contribution in [0.4, 0.5) is 4.79 Å². The van der Waals surface area contributed by atoms with Crippen molar-refractivity contribution in [2.75, 3.05) is 12.9 Å². The van der Waals surface area contributed by atoms with Crippen molar-refractivity contribution in [1.82, 2.24) is 0 Å². The van der Waals surface area contributed by atoms with Gasteiger partial charge in [-0.2, -0.15) is 8.42 Å². The molecule has 0 saturated heterocycles. The Morgan fingerprint density at radius 1 is 1.43 bits per heavy atom. The summed E-state index contributed by atoms with van der Waals surface area (Å²) < 4.78 is 38.5. The molecule has 0 aromatic heterocycles. The van der Waals surface area contributed by atoms with E-state index >= 15 is 0 Å². The van der Waals surface area contributed by atoms with Gasteiger partial charge in [0.1, 0.15) is 11.5 Å². The Labute approximate surface area is 135 Å². The van der Waals surface area contributed by atoms with Gasteiger partial charge in [-0.1, -0.05) is 0 Å². The quantitative estimate of drug-likeness (QED) is 0.794. The fraction of sp³-hybridized carbons (Fsp3) is 0.500. The fourth-order valence-electron chi connectivity index (χ4n) is 2.13. The lowest BCUT2D eigenvalue weighted by atomic mass is 9.85. The molecule has 0 spiro atoms. The van der Waals surface area contributed by atoms with E-state index in [1.807, 2.05) is 20.8 Å². The van der Waals surface area contributed by atoms with Crippen molar-refractivity contribution >= 4 is 16.2 Å². The zero-order valence-electron chi connectivity index (χ0n) is 13.4. The van der Waals surface area contributed by atoms with Crippen molar-refractivity contribution in [1.29, 1.82) is 0 Å². The Hall–Kier alpha value is -2.00. The molecule has 1 unspecified atom stereocenters. The van der Waals surface area contributed by atoms with Gasteiger partial charge in [0.15, 0.2) is 0 Å². The maximum Gasteiger partial charge on any atom is 0.402 e. The van der Waals surface area contributed by atoms with Crippen molar-refractivity contribution in [3.05, 3.63) is 23.8 Å². The SMILES string of the molecule is CCOC1Oc2ccc(OS(C)(=O)=O)cc2C1(C)C.NC(=O)O. The third-order valence-corrected chi connectivity index (χ3v) is 3.53. The predicted molar refractivity (Wildman–Crippen MR) is 83.2 cm³/mol. The number of amides is 1. The molecule has 23 heavy (non-hydrogen) atoms. The van der Waals surface area contributed by atoms with E-state index in [1.54, 1.807) is 18.2 Å². The molecule has 1 atom stereocenters. The van der Waals surface area contributed by atoms with Crippen LogP contribution in [0.5, 0.6) is 11.5 Å². The summed E-state index contributed by atoms with van der Waals surface area (Å²) in [4.78, 5) is 8.78. The number of primary amides is 1. The van der Waals surface area contributed by atoms with Crippen LogP contribution < -0.4 is 14.7 Å². The molecule has 1 aromatic rings. The van der Waals surface area contributed by atoms with Gasteiger partial charge in [-0.05, 0) is 39.0 Å². The average molecular weight is 347 g/mol. The lowest BCUT2D eigenvalue weighted by Gasteiger charge is -2.25.